The molecular weight excluding hydrogens is 643 g/mol. The predicted molar refractivity (Wildman–Crippen MR) is 187 cm³/mol. The Morgan fingerprint density at radius 2 is 1.98 bits per heavy atom. The number of nitrogens with zero attached hydrogens (tertiary/aromatic N) is 7. The van der Waals surface area contributed by atoms with Crippen molar-refractivity contribution < 1.29 is 13.9 Å². The van der Waals surface area contributed by atoms with Crippen LogP contribution in [0.2, 0.25) is 5.02 Å². The van der Waals surface area contributed by atoms with E-state index in [0.717, 1.165) is 41.4 Å². The van der Waals surface area contributed by atoms with E-state index in [-0.39, 0.29) is 36.6 Å². The van der Waals surface area contributed by atoms with Crippen LogP contribution < -0.4 is 15.0 Å². The van der Waals surface area contributed by atoms with E-state index in [2.05, 4.69) is 39.3 Å². The molecule has 0 unspecified atom stereocenters. The lowest BCUT2D eigenvalue weighted by molar-refractivity contribution is -0.129. The maximum Gasteiger partial charge on any atom is 0.317 e. The smallest absolute Gasteiger partial charge is 0.317 e. The highest BCUT2D eigenvalue weighted by Crippen LogP contribution is 2.38. The number of fused-ring (bicyclic) bond motifs is 2. The molecule has 3 aliphatic rings. The number of likely N-dealkylation sites (N-methyl/N-ethyl adjacent to an activating group) is 1. The van der Waals surface area contributed by atoms with Gasteiger partial charge in [-0.1, -0.05) is 41.9 Å². The first-order valence-electron chi connectivity index (χ1n) is 16.8. The molecule has 2 aromatic carbocycles. The normalized spacial score (nSPS) is 20.1. The highest BCUT2D eigenvalue weighted by molar-refractivity contribution is 6.36. The van der Waals surface area contributed by atoms with Crippen molar-refractivity contribution in [2.24, 2.45) is 0 Å². The van der Waals surface area contributed by atoms with Crippen LogP contribution in [0.3, 0.4) is 0 Å². The van der Waals surface area contributed by atoms with Gasteiger partial charge in [0.2, 0.25) is 0 Å². The van der Waals surface area contributed by atoms with Crippen molar-refractivity contribution in [3.63, 3.8) is 0 Å². The lowest BCUT2D eigenvalue weighted by atomic mass is 9.94. The number of anilines is 1. The monoisotopic (exact) mass is 680 g/mol. The van der Waals surface area contributed by atoms with E-state index in [1.165, 1.54) is 4.90 Å². The molecule has 2 fully saturated rings. The number of aromatic nitrogens is 3. The molecule has 4 aromatic rings. The molecule has 252 valence electrons. The summed E-state index contributed by atoms with van der Waals surface area (Å²) in [7, 11) is 2.08. The molecule has 49 heavy (non-hydrogen) atoms. The molecular formula is C37H38ClFN8O2. The number of carbonyl (C=O) groups is 1. The van der Waals surface area contributed by atoms with Crippen LogP contribution in [0.1, 0.15) is 41.9 Å². The standard InChI is InChI=1S/C37H38ClFN8O2/c1-45-18-6-9-26(45)23-49-37-43-30-22-46(31-12-5-8-24-7-4-10-28(38)32(24)31)19-14-27(30)35(44-37)33(29-11-2-3-16-42-29)34(39)36(48)47-20-17-41-25(21-47)13-15-40/h2-5,7-8,10-12,16,25-26,41H,6,9,13-14,17-23H2,1H3/b34-33-/t25-,26-/m0/s1. The third-order valence-electron chi connectivity index (χ3n) is 9.74. The third-order valence-corrected chi connectivity index (χ3v) is 10.1. The first-order valence-corrected chi connectivity index (χ1v) is 17.1. The van der Waals surface area contributed by atoms with Gasteiger partial charge in [0, 0.05) is 61.1 Å². The minimum atomic E-state index is -0.943. The van der Waals surface area contributed by atoms with Gasteiger partial charge in [-0.2, -0.15) is 15.2 Å². The van der Waals surface area contributed by atoms with Gasteiger partial charge in [0.05, 0.1) is 46.7 Å². The molecule has 0 spiro atoms. The third kappa shape index (κ3) is 6.81. The first kappa shape index (κ1) is 32.9. The molecule has 2 aromatic heterocycles. The quantitative estimate of drug-likeness (QED) is 0.253. The molecule has 0 bridgehead atoms. The van der Waals surface area contributed by atoms with Gasteiger partial charge in [0.1, 0.15) is 6.61 Å². The maximum absolute atomic E-state index is 16.9. The predicted octanol–water partition coefficient (Wildman–Crippen LogP) is 5.16. The molecule has 0 aliphatic carbocycles. The van der Waals surface area contributed by atoms with Gasteiger partial charge in [-0.3, -0.25) is 9.78 Å². The van der Waals surface area contributed by atoms with Crippen LogP contribution in [0.4, 0.5) is 10.1 Å². The summed E-state index contributed by atoms with van der Waals surface area (Å²) in [6.07, 6.45) is 4.38. The fourth-order valence-corrected chi connectivity index (χ4v) is 7.41. The molecule has 0 saturated carbocycles. The van der Waals surface area contributed by atoms with Gasteiger partial charge in [-0.15, -0.1) is 0 Å². The number of benzene rings is 2. The number of likely N-dealkylation sites (tertiary alicyclic amines) is 1. The fourth-order valence-electron chi connectivity index (χ4n) is 7.14. The van der Waals surface area contributed by atoms with Crippen LogP contribution in [0, 0.1) is 11.3 Å². The Morgan fingerprint density at radius 3 is 2.76 bits per heavy atom. The van der Waals surface area contributed by atoms with Gasteiger partial charge < -0.3 is 24.8 Å². The van der Waals surface area contributed by atoms with Gasteiger partial charge in [-0.05, 0) is 62.5 Å². The van der Waals surface area contributed by atoms with E-state index in [1.54, 1.807) is 24.4 Å². The Bertz CT molecular complexity index is 1930. The molecule has 2 atom stereocenters. The van der Waals surface area contributed by atoms with E-state index in [4.69, 9.17) is 26.3 Å². The Hall–Kier alpha value is -4.63. The lowest BCUT2D eigenvalue weighted by Gasteiger charge is -2.33. The van der Waals surface area contributed by atoms with Crippen LogP contribution in [-0.2, 0) is 17.8 Å². The van der Waals surface area contributed by atoms with Crippen molar-refractivity contribution >= 4 is 39.5 Å². The van der Waals surface area contributed by atoms with Crippen LogP contribution in [0.25, 0.3) is 16.3 Å². The molecule has 3 aliphatic heterocycles. The van der Waals surface area contributed by atoms with Crippen molar-refractivity contribution in [2.75, 3.05) is 51.3 Å². The number of rotatable bonds is 8. The van der Waals surface area contributed by atoms with Crippen LogP contribution >= 0.6 is 11.6 Å². The van der Waals surface area contributed by atoms with Crippen molar-refractivity contribution in [3.8, 4) is 12.1 Å². The van der Waals surface area contributed by atoms with Crippen molar-refractivity contribution in [2.45, 2.75) is 44.3 Å². The van der Waals surface area contributed by atoms with E-state index < -0.39 is 11.7 Å². The van der Waals surface area contributed by atoms with Crippen LogP contribution in [0.5, 0.6) is 6.01 Å². The Labute approximate surface area is 290 Å². The molecule has 12 heteroatoms. The zero-order valence-corrected chi connectivity index (χ0v) is 28.2. The van der Waals surface area contributed by atoms with E-state index in [1.807, 2.05) is 30.3 Å². The minimum absolute atomic E-state index is 0.0177. The average molecular weight is 681 g/mol. The maximum atomic E-state index is 16.9. The number of hydrogen-bond donors (Lipinski definition) is 1. The van der Waals surface area contributed by atoms with Crippen molar-refractivity contribution in [3.05, 3.63) is 94.3 Å². The second-order valence-corrected chi connectivity index (χ2v) is 13.2. The van der Waals surface area contributed by atoms with Gasteiger partial charge in [-0.25, -0.2) is 4.39 Å². The minimum Gasteiger partial charge on any atom is -0.462 e. The highest BCUT2D eigenvalue weighted by Gasteiger charge is 2.33. The number of amides is 1. The van der Waals surface area contributed by atoms with E-state index in [9.17, 15) is 10.1 Å². The number of ether oxygens (including phenoxy) is 1. The van der Waals surface area contributed by atoms with Crippen LogP contribution in [0.15, 0.2) is 66.6 Å². The second-order valence-electron chi connectivity index (χ2n) is 12.8. The molecule has 7 rings (SSSR count). The van der Waals surface area contributed by atoms with E-state index >= 15 is 4.39 Å². The SMILES string of the molecule is CN1CCC[C@H]1COc1nc2c(c(/C(=C(\F)C(=O)N3CCN[C@@H](CC#N)C3)c3ccccn3)n1)CCN(c1cccc3cccc(Cl)c13)C2. The summed E-state index contributed by atoms with van der Waals surface area (Å²) in [5.74, 6) is -1.70. The summed E-state index contributed by atoms with van der Waals surface area (Å²) in [4.78, 5) is 34.1. The number of hydrogen-bond acceptors (Lipinski definition) is 9. The first-order chi connectivity index (χ1) is 23.9. The zero-order valence-electron chi connectivity index (χ0n) is 27.4. The van der Waals surface area contributed by atoms with Crippen LogP contribution in [-0.4, -0.2) is 89.1 Å². The molecule has 5 heterocycles. The summed E-state index contributed by atoms with van der Waals surface area (Å²) >= 11 is 6.73. The van der Waals surface area contributed by atoms with Gasteiger partial charge >= 0.3 is 6.01 Å². The number of nitrogens with one attached hydrogen (secondary N) is 1. The zero-order chi connectivity index (χ0) is 33.9. The number of piperazine rings is 1. The summed E-state index contributed by atoms with van der Waals surface area (Å²) in [5, 5.41) is 15.1. The van der Waals surface area contributed by atoms with Gasteiger partial charge in [0.15, 0.2) is 5.83 Å². The molecule has 0 radical (unpaired) electrons. The summed E-state index contributed by atoms with van der Waals surface area (Å²) < 4.78 is 23.2. The molecule has 10 nitrogen and oxygen atoms in total. The average Bonchev–Trinajstić information content (AvgIpc) is 3.55. The lowest BCUT2D eigenvalue weighted by Crippen LogP contribution is -2.52. The Kier molecular flexibility index (Phi) is 9.71. The summed E-state index contributed by atoms with van der Waals surface area (Å²) in [6, 6.07) is 19.5. The van der Waals surface area contributed by atoms with Crippen molar-refractivity contribution in [1.82, 2.24) is 30.1 Å². The topological polar surface area (TPSA) is 111 Å². The molecule has 1 amide bonds. The highest BCUT2D eigenvalue weighted by atomic mass is 35.5. The largest absolute Gasteiger partial charge is 0.462 e. The van der Waals surface area contributed by atoms with Crippen molar-refractivity contribution in [1.29, 1.82) is 5.26 Å². The molecule has 2 saturated heterocycles. The van der Waals surface area contributed by atoms with Gasteiger partial charge in [0.25, 0.3) is 5.91 Å². The van der Waals surface area contributed by atoms with E-state index in [0.29, 0.717) is 61.3 Å². The fraction of sp³-hybridized carbons (Fsp3) is 0.378. The summed E-state index contributed by atoms with van der Waals surface area (Å²) in [5.41, 5.74) is 3.05. The number of carbonyl (C=O) groups excluding carboxylic acids is 1. The number of nitriles is 1. The second kappa shape index (κ2) is 14.5. The molecule has 1 N–H and O–H groups in total. The Morgan fingerprint density at radius 1 is 1.12 bits per heavy atom. The Balaban J connectivity index is 1.33. The number of halogens is 2. The number of pyridine rings is 1. The summed E-state index contributed by atoms with van der Waals surface area (Å²) in [6.45, 7) is 3.40.